The second kappa shape index (κ2) is 9.90. The van der Waals surface area contributed by atoms with E-state index in [2.05, 4.69) is 52.0 Å². The van der Waals surface area contributed by atoms with Crippen LogP contribution in [0.3, 0.4) is 0 Å². The number of carbonyl (C=O) groups excluding carboxylic acids is 1. The molecule has 28 heavy (non-hydrogen) atoms. The maximum atomic E-state index is 11.8. The minimum Gasteiger partial charge on any atom is -0.380 e. The molecular formula is C22H28N4O2. The molecule has 148 valence electrons. The molecule has 3 rings (SSSR count). The zero-order valence-electron chi connectivity index (χ0n) is 16.6. The SMILES string of the molecule is CN=C(NCc1ccc(COC)cc1)NCc1ccc(N2CCCC2=O)cc1. The molecular weight excluding hydrogens is 352 g/mol. The fraction of sp³-hybridized carbons (Fsp3) is 0.364. The Morgan fingerprint density at radius 2 is 1.57 bits per heavy atom. The first-order chi connectivity index (χ1) is 13.7. The molecule has 6 heteroatoms. The number of anilines is 1. The van der Waals surface area contributed by atoms with Crippen LogP contribution in [0.2, 0.25) is 0 Å². The van der Waals surface area contributed by atoms with Crippen molar-refractivity contribution in [2.45, 2.75) is 32.5 Å². The lowest BCUT2D eigenvalue weighted by Gasteiger charge is -2.16. The summed E-state index contributed by atoms with van der Waals surface area (Å²) in [6.07, 6.45) is 1.60. The van der Waals surface area contributed by atoms with E-state index >= 15 is 0 Å². The molecule has 6 nitrogen and oxygen atoms in total. The first kappa shape index (κ1) is 19.9. The van der Waals surface area contributed by atoms with E-state index in [0.29, 0.717) is 26.1 Å². The summed E-state index contributed by atoms with van der Waals surface area (Å²) in [6, 6.07) is 16.5. The predicted molar refractivity (Wildman–Crippen MR) is 112 cm³/mol. The van der Waals surface area contributed by atoms with Gasteiger partial charge in [-0.3, -0.25) is 9.79 Å². The Bertz CT molecular complexity index is 800. The van der Waals surface area contributed by atoms with E-state index in [0.717, 1.165) is 35.7 Å². The van der Waals surface area contributed by atoms with Crippen molar-refractivity contribution in [2.75, 3.05) is 25.6 Å². The molecule has 0 aromatic heterocycles. The van der Waals surface area contributed by atoms with Crippen LogP contribution < -0.4 is 15.5 Å². The first-order valence-corrected chi connectivity index (χ1v) is 9.60. The van der Waals surface area contributed by atoms with Crippen molar-refractivity contribution < 1.29 is 9.53 Å². The average molecular weight is 380 g/mol. The standard InChI is InChI=1S/C22H28N4O2/c1-23-22(24-14-17-5-7-19(8-6-17)16-28-2)25-15-18-9-11-20(12-10-18)26-13-3-4-21(26)27/h5-12H,3-4,13-16H2,1-2H3,(H2,23,24,25). The van der Waals surface area contributed by atoms with Crippen molar-refractivity contribution in [1.82, 2.24) is 10.6 Å². The predicted octanol–water partition coefficient (Wildman–Crippen LogP) is 2.83. The summed E-state index contributed by atoms with van der Waals surface area (Å²) in [4.78, 5) is 18.0. The van der Waals surface area contributed by atoms with Gasteiger partial charge in [0.25, 0.3) is 0 Å². The Balaban J connectivity index is 1.47. The van der Waals surface area contributed by atoms with Gasteiger partial charge < -0.3 is 20.3 Å². The Hall–Kier alpha value is -2.86. The second-order valence-electron chi connectivity index (χ2n) is 6.84. The largest absolute Gasteiger partial charge is 0.380 e. The number of nitrogens with one attached hydrogen (secondary N) is 2. The first-order valence-electron chi connectivity index (χ1n) is 9.60. The number of methoxy groups -OCH3 is 1. The summed E-state index contributed by atoms with van der Waals surface area (Å²) < 4.78 is 5.13. The number of benzene rings is 2. The molecule has 0 aliphatic carbocycles. The van der Waals surface area contributed by atoms with Crippen LogP contribution in [0.15, 0.2) is 53.5 Å². The molecule has 1 aliphatic rings. The second-order valence-corrected chi connectivity index (χ2v) is 6.84. The molecule has 0 bridgehead atoms. The van der Waals surface area contributed by atoms with Crippen LogP contribution >= 0.6 is 0 Å². The van der Waals surface area contributed by atoms with Gasteiger partial charge in [-0.25, -0.2) is 0 Å². The third-order valence-electron chi connectivity index (χ3n) is 4.80. The minimum atomic E-state index is 0.214. The highest BCUT2D eigenvalue weighted by Gasteiger charge is 2.21. The van der Waals surface area contributed by atoms with Crippen LogP contribution in [0.4, 0.5) is 5.69 Å². The van der Waals surface area contributed by atoms with Crippen LogP contribution in [0.1, 0.15) is 29.5 Å². The highest BCUT2D eigenvalue weighted by molar-refractivity contribution is 5.95. The number of hydrogen-bond acceptors (Lipinski definition) is 3. The van der Waals surface area contributed by atoms with Crippen molar-refractivity contribution >= 4 is 17.6 Å². The fourth-order valence-corrected chi connectivity index (χ4v) is 3.23. The topological polar surface area (TPSA) is 66.0 Å². The summed E-state index contributed by atoms with van der Waals surface area (Å²) in [5.41, 5.74) is 4.46. The Kier molecular flexibility index (Phi) is 7.03. The number of guanidine groups is 1. The van der Waals surface area contributed by atoms with E-state index in [-0.39, 0.29) is 5.91 Å². The zero-order chi connectivity index (χ0) is 19.8. The molecule has 1 aliphatic heterocycles. The Morgan fingerprint density at radius 3 is 2.07 bits per heavy atom. The van der Waals surface area contributed by atoms with Gasteiger partial charge in [0.2, 0.25) is 5.91 Å². The number of carbonyl (C=O) groups is 1. The molecule has 0 saturated carbocycles. The molecule has 2 N–H and O–H groups in total. The lowest BCUT2D eigenvalue weighted by atomic mass is 10.1. The highest BCUT2D eigenvalue weighted by Crippen LogP contribution is 2.21. The van der Waals surface area contributed by atoms with Gasteiger partial charge in [-0.2, -0.15) is 0 Å². The maximum absolute atomic E-state index is 11.8. The van der Waals surface area contributed by atoms with Crippen LogP contribution in [0.5, 0.6) is 0 Å². The number of hydrogen-bond donors (Lipinski definition) is 2. The Labute approximate surface area is 166 Å². The van der Waals surface area contributed by atoms with Crippen LogP contribution in [-0.4, -0.2) is 32.6 Å². The molecule has 1 amide bonds. The summed E-state index contributed by atoms with van der Waals surface area (Å²) in [5.74, 6) is 0.963. The number of nitrogens with zero attached hydrogens (tertiary/aromatic N) is 2. The van der Waals surface area contributed by atoms with Gasteiger partial charge in [0.15, 0.2) is 5.96 Å². The lowest BCUT2D eigenvalue weighted by molar-refractivity contribution is -0.117. The van der Waals surface area contributed by atoms with E-state index in [1.54, 1.807) is 14.2 Å². The van der Waals surface area contributed by atoms with Crippen molar-refractivity contribution in [3.8, 4) is 0 Å². The van der Waals surface area contributed by atoms with Crippen LogP contribution in [-0.2, 0) is 29.2 Å². The number of aliphatic imine (C=N–C) groups is 1. The summed E-state index contributed by atoms with van der Waals surface area (Å²) in [5, 5.41) is 6.65. The van der Waals surface area contributed by atoms with Crippen molar-refractivity contribution in [1.29, 1.82) is 0 Å². The molecule has 1 saturated heterocycles. The van der Waals surface area contributed by atoms with Gasteiger partial charge in [-0.15, -0.1) is 0 Å². The zero-order valence-corrected chi connectivity index (χ0v) is 16.6. The molecule has 1 fully saturated rings. The van der Waals surface area contributed by atoms with Crippen molar-refractivity contribution in [3.05, 3.63) is 65.2 Å². The maximum Gasteiger partial charge on any atom is 0.227 e. The van der Waals surface area contributed by atoms with Crippen LogP contribution in [0.25, 0.3) is 0 Å². The smallest absolute Gasteiger partial charge is 0.227 e. The summed E-state index contributed by atoms with van der Waals surface area (Å²) in [7, 11) is 3.46. The summed E-state index contributed by atoms with van der Waals surface area (Å²) in [6.45, 7) is 2.81. The number of ether oxygens (including phenoxy) is 1. The molecule has 0 spiro atoms. The normalized spacial score (nSPS) is 14.4. The minimum absolute atomic E-state index is 0.214. The Morgan fingerprint density at radius 1 is 1.00 bits per heavy atom. The third-order valence-corrected chi connectivity index (χ3v) is 4.80. The average Bonchev–Trinajstić information content (AvgIpc) is 3.16. The van der Waals surface area contributed by atoms with Gasteiger partial charge >= 0.3 is 0 Å². The van der Waals surface area contributed by atoms with Crippen LogP contribution in [0, 0.1) is 0 Å². The van der Waals surface area contributed by atoms with Gasteiger partial charge in [0.05, 0.1) is 6.61 Å². The third kappa shape index (κ3) is 5.33. The van der Waals surface area contributed by atoms with Crippen molar-refractivity contribution in [3.63, 3.8) is 0 Å². The molecule has 0 radical (unpaired) electrons. The van der Waals surface area contributed by atoms with E-state index in [1.807, 2.05) is 17.0 Å². The van der Waals surface area contributed by atoms with Crippen molar-refractivity contribution in [2.24, 2.45) is 4.99 Å². The van der Waals surface area contributed by atoms with Gasteiger partial charge in [-0.05, 0) is 35.2 Å². The fourth-order valence-electron chi connectivity index (χ4n) is 3.23. The molecule has 2 aromatic rings. The molecule has 0 atom stereocenters. The molecule has 0 unspecified atom stereocenters. The van der Waals surface area contributed by atoms with E-state index < -0.39 is 0 Å². The highest BCUT2D eigenvalue weighted by atomic mass is 16.5. The van der Waals surface area contributed by atoms with E-state index in [9.17, 15) is 4.79 Å². The van der Waals surface area contributed by atoms with E-state index in [1.165, 1.54) is 5.56 Å². The van der Waals surface area contributed by atoms with Gasteiger partial charge in [-0.1, -0.05) is 36.4 Å². The number of rotatable bonds is 7. The molecule has 1 heterocycles. The quantitative estimate of drug-likeness (QED) is 0.573. The monoisotopic (exact) mass is 380 g/mol. The van der Waals surface area contributed by atoms with E-state index in [4.69, 9.17) is 4.74 Å². The lowest BCUT2D eigenvalue weighted by Crippen LogP contribution is -2.36. The van der Waals surface area contributed by atoms with Gasteiger partial charge in [0, 0.05) is 45.9 Å². The molecule has 2 aromatic carbocycles. The summed E-state index contributed by atoms with van der Waals surface area (Å²) >= 11 is 0. The van der Waals surface area contributed by atoms with Gasteiger partial charge in [0.1, 0.15) is 0 Å². The number of amides is 1.